The normalized spacial score (nSPS) is 19.4. The van der Waals surface area contributed by atoms with Crippen LogP contribution in [0.15, 0.2) is 6.07 Å². The van der Waals surface area contributed by atoms with Gasteiger partial charge in [-0.25, -0.2) is 15.8 Å². The molecule has 1 aromatic rings. The topological polar surface area (TPSA) is 76.3 Å². The smallest absolute Gasteiger partial charge is 0.145 e. The first kappa shape index (κ1) is 12.1. The van der Waals surface area contributed by atoms with E-state index >= 15 is 0 Å². The Kier molecular flexibility index (Phi) is 3.75. The molecule has 94 valence electrons. The molecule has 1 aromatic heterocycles. The first-order valence-corrected chi connectivity index (χ1v) is 5.89. The highest BCUT2D eigenvalue weighted by molar-refractivity contribution is 5.49. The number of nitrogen functional groups attached to an aromatic ring is 1. The van der Waals surface area contributed by atoms with Gasteiger partial charge in [-0.2, -0.15) is 0 Å². The molecule has 0 aromatic carbocycles. The molecular formula is C11H19N5O. The van der Waals surface area contributed by atoms with Crippen LogP contribution in [0.3, 0.4) is 0 Å². The molecular weight excluding hydrogens is 218 g/mol. The van der Waals surface area contributed by atoms with E-state index in [0.29, 0.717) is 11.9 Å². The van der Waals surface area contributed by atoms with Crippen molar-refractivity contribution in [3.05, 3.63) is 11.9 Å². The zero-order chi connectivity index (χ0) is 12.3. The lowest BCUT2D eigenvalue weighted by molar-refractivity contribution is 0.193. The Balaban J connectivity index is 2.23. The summed E-state index contributed by atoms with van der Waals surface area (Å²) in [6.45, 7) is 3.61. The summed E-state index contributed by atoms with van der Waals surface area (Å²) in [7, 11) is 2.03. The SMILES string of the molecule is CCc1nc(NN)cc(N(C)C2CCOC2)n1. The number of rotatable bonds is 4. The van der Waals surface area contributed by atoms with Crippen LogP contribution in [0.5, 0.6) is 0 Å². The Bertz CT molecular complexity index is 356. The lowest BCUT2D eigenvalue weighted by atomic mass is 10.2. The molecule has 1 atom stereocenters. The van der Waals surface area contributed by atoms with Crippen LogP contribution in [0.1, 0.15) is 19.2 Å². The number of aryl methyl sites for hydroxylation is 1. The Morgan fingerprint density at radius 1 is 1.59 bits per heavy atom. The number of anilines is 2. The fourth-order valence-electron chi connectivity index (χ4n) is 1.91. The minimum Gasteiger partial charge on any atom is -0.379 e. The Morgan fingerprint density at radius 3 is 3.00 bits per heavy atom. The van der Waals surface area contributed by atoms with Crippen molar-refractivity contribution in [1.29, 1.82) is 0 Å². The van der Waals surface area contributed by atoms with Crippen molar-refractivity contribution in [2.45, 2.75) is 25.8 Å². The molecule has 17 heavy (non-hydrogen) atoms. The zero-order valence-corrected chi connectivity index (χ0v) is 10.3. The maximum absolute atomic E-state index is 5.41. The lowest BCUT2D eigenvalue weighted by Crippen LogP contribution is -2.32. The molecule has 1 fully saturated rings. The minimum absolute atomic E-state index is 0.389. The Hall–Kier alpha value is -1.40. The van der Waals surface area contributed by atoms with Gasteiger partial charge in [-0.05, 0) is 6.42 Å². The van der Waals surface area contributed by atoms with E-state index in [1.54, 1.807) is 0 Å². The summed E-state index contributed by atoms with van der Waals surface area (Å²) < 4.78 is 5.39. The van der Waals surface area contributed by atoms with Gasteiger partial charge in [-0.1, -0.05) is 6.92 Å². The van der Waals surface area contributed by atoms with E-state index in [4.69, 9.17) is 10.6 Å². The van der Waals surface area contributed by atoms with Gasteiger partial charge in [0, 0.05) is 26.1 Å². The highest BCUT2D eigenvalue weighted by atomic mass is 16.5. The Morgan fingerprint density at radius 2 is 2.41 bits per heavy atom. The van der Waals surface area contributed by atoms with Crippen molar-refractivity contribution in [2.24, 2.45) is 5.84 Å². The number of nitrogens with two attached hydrogens (primary N) is 1. The van der Waals surface area contributed by atoms with Crippen LogP contribution in [0.4, 0.5) is 11.6 Å². The zero-order valence-electron chi connectivity index (χ0n) is 10.3. The second-order valence-corrected chi connectivity index (χ2v) is 4.15. The summed E-state index contributed by atoms with van der Waals surface area (Å²) in [5.74, 6) is 7.74. The highest BCUT2D eigenvalue weighted by Crippen LogP contribution is 2.20. The molecule has 1 aliphatic rings. The van der Waals surface area contributed by atoms with Gasteiger partial charge in [0.25, 0.3) is 0 Å². The van der Waals surface area contributed by atoms with Gasteiger partial charge in [-0.3, -0.25) is 0 Å². The maximum Gasteiger partial charge on any atom is 0.145 e. The third-order valence-electron chi connectivity index (χ3n) is 3.04. The quantitative estimate of drug-likeness (QED) is 0.588. The number of nitrogens with one attached hydrogen (secondary N) is 1. The number of hydrazine groups is 1. The lowest BCUT2D eigenvalue weighted by Gasteiger charge is -2.24. The van der Waals surface area contributed by atoms with E-state index in [2.05, 4.69) is 20.3 Å². The highest BCUT2D eigenvalue weighted by Gasteiger charge is 2.22. The minimum atomic E-state index is 0.389. The monoisotopic (exact) mass is 237 g/mol. The van der Waals surface area contributed by atoms with Crippen molar-refractivity contribution in [2.75, 3.05) is 30.6 Å². The van der Waals surface area contributed by atoms with E-state index in [0.717, 1.165) is 37.7 Å². The average Bonchev–Trinajstić information content (AvgIpc) is 2.91. The summed E-state index contributed by atoms with van der Waals surface area (Å²) in [5, 5.41) is 0. The molecule has 6 heteroatoms. The van der Waals surface area contributed by atoms with Gasteiger partial charge < -0.3 is 15.1 Å². The number of aromatic nitrogens is 2. The molecule has 6 nitrogen and oxygen atoms in total. The molecule has 3 N–H and O–H groups in total. The van der Waals surface area contributed by atoms with E-state index in [1.807, 2.05) is 20.0 Å². The second-order valence-electron chi connectivity index (χ2n) is 4.15. The number of ether oxygens (including phenoxy) is 1. The summed E-state index contributed by atoms with van der Waals surface area (Å²) in [6, 6.07) is 2.25. The third-order valence-corrected chi connectivity index (χ3v) is 3.04. The molecule has 1 unspecified atom stereocenters. The van der Waals surface area contributed by atoms with Crippen LogP contribution in [0, 0.1) is 0 Å². The largest absolute Gasteiger partial charge is 0.379 e. The first-order chi connectivity index (χ1) is 8.24. The van der Waals surface area contributed by atoms with Crippen molar-refractivity contribution in [3.8, 4) is 0 Å². The summed E-state index contributed by atoms with van der Waals surface area (Å²) in [5.41, 5.74) is 2.58. The molecule has 2 rings (SSSR count). The van der Waals surface area contributed by atoms with Gasteiger partial charge in [0.1, 0.15) is 17.5 Å². The summed E-state index contributed by atoms with van der Waals surface area (Å²) in [4.78, 5) is 10.9. The van der Waals surface area contributed by atoms with Crippen LogP contribution in [0.25, 0.3) is 0 Å². The van der Waals surface area contributed by atoms with Gasteiger partial charge in [0.05, 0.1) is 12.6 Å². The van der Waals surface area contributed by atoms with Crippen molar-refractivity contribution in [1.82, 2.24) is 9.97 Å². The number of nitrogens with zero attached hydrogens (tertiary/aromatic N) is 3. The third kappa shape index (κ3) is 2.65. The molecule has 2 heterocycles. The second kappa shape index (κ2) is 5.29. The van der Waals surface area contributed by atoms with E-state index in [9.17, 15) is 0 Å². The number of hydrogen-bond acceptors (Lipinski definition) is 6. The molecule has 0 radical (unpaired) electrons. The van der Waals surface area contributed by atoms with E-state index in [1.165, 1.54) is 0 Å². The standard InChI is InChI=1S/C11H19N5O/c1-3-9-13-10(15-12)6-11(14-9)16(2)8-4-5-17-7-8/h6,8H,3-5,7,12H2,1-2H3,(H,13,14,15). The molecule has 0 saturated carbocycles. The van der Waals surface area contributed by atoms with Crippen LogP contribution >= 0.6 is 0 Å². The van der Waals surface area contributed by atoms with Gasteiger partial charge in [0.2, 0.25) is 0 Å². The van der Waals surface area contributed by atoms with Crippen LogP contribution < -0.4 is 16.2 Å². The van der Waals surface area contributed by atoms with Crippen molar-refractivity contribution in [3.63, 3.8) is 0 Å². The predicted octanol–water partition coefficient (Wildman–Crippen LogP) is 0.550. The van der Waals surface area contributed by atoms with Crippen molar-refractivity contribution < 1.29 is 4.74 Å². The fraction of sp³-hybridized carbons (Fsp3) is 0.636. The number of likely N-dealkylation sites (N-methyl/N-ethyl adjacent to an activating group) is 1. The summed E-state index contributed by atoms with van der Waals surface area (Å²) in [6.07, 6.45) is 1.82. The maximum atomic E-state index is 5.41. The summed E-state index contributed by atoms with van der Waals surface area (Å²) >= 11 is 0. The molecule has 0 bridgehead atoms. The molecule has 0 amide bonds. The van der Waals surface area contributed by atoms with Gasteiger partial charge in [0.15, 0.2) is 0 Å². The van der Waals surface area contributed by atoms with Crippen LogP contribution in [-0.4, -0.2) is 36.3 Å². The number of hydrogen-bond donors (Lipinski definition) is 2. The Labute approximate surface area is 101 Å². The average molecular weight is 237 g/mol. The van der Waals surface area contributed by atoms with E-state index < -0.39 is 0 Å². The molecule has 0 spiro atoms. The molecule has 0 aliphatic carbocycles. The molecule has 1 saturated heterocycles. The molecule has 1 aliphatic heterocycles. The fourth-order valence-corrected chi connectivity index (χ4v) is 1.91. The van der Waals surface area contributed by atoms with Crippen LogP contribution in [0.2, 0.25) is 0 Å². The first-order valence-electron chi connectivity index (χ1n) is 5.89. The van der Waals surface area contributed by atoms with E-state index in [-0.39, 0.29) is 0 Å². The predicted molar refractivity (Wildman–Crippen MR) is 66.8 cm³/mol. The van der Waals surface area contributed by atoms with Crippen molar-refractivity contribution >= 4 is 11.6 Å². The van der Waals surface area contributed by atoms with Crippen LogP contribution in [-0.2, 0) is 11.2 Å². The van der Waals surface area contributed by atoms with Gasteiger partial charge >= 0.3 is 0 Å². The van der Waals surface area contributed by atoms with Gasteiger partial charge in [-0.15, -0.1) is 0 Å².